The third-order valence-electron chi connectivity index (χ3n) is 7.11. The van der Waals surface area contributed by atoms with Gasteiger partial charge in [-0.3, -0.25) is 19.8 Å². The van der Waals surface area contributed by atoms with Gasteiger partial charge in [-0.2, -0.15) is 0 Å². The molecular formula is C26H25N3O2. The number of aryl methyl sites for hydroxylation is 3. The van der Waals surface area contributed by atoms with Gasteiger partial charge in [0.05, 0.1) is 23.0 Å². The molecule has 1 aromatic heterocycles. The van der Waals surface area contributed by atoms with Gasteiger partial charge in [0.2, 0.25) is 11.8 Å². The molecule has 0 spiro atoms. The Labute approximate surface area is 181 Å². The fourth-order valence-electron chi connectivity index (χ4n) is 5.55. The van der Waals surface area contributed by atoms with E-state index in [1.165, 1.54) is 28.5 Å². The van der Waals surface area contributed by atoms with Crippen molar-refractivity contribution in [3.05, 3.63) is 64.7 Å². The number of benzene rings is 2. The number of rotatable bonds is 3. The highest BCUT2D eigenvalue weighted by atomic mass is 16.2. The summed E-state index contributed by atoms with van der Waals surface area (Å²) in [6.07, 6.45) is 3.50. The van der Waals surface area contributed by atoms with Crippen molar-refractivity contribution in [2.45, 2.75) is 32.7 Å². The summed E-state index contributed by atoms with van der Waals surface area (Å²) in [5.41, 5.74) is 8.41. The van der Waals surface area contributed by atoms with Gasteiger partial charge in [-0.1, -0.05) is 23.8 Å². The molecule has 0 unspecified atom stereocenters. The minimum atomic E-state index is -0.216. The van der Waals surface area contributed by atoms with Crippen LogP contribution in [-0.4, -0.2) is 34.8 Å². The van der Waals surface area contributed by atoms with Gasteiger partial charge < -0.3 is 0 Å². The number of imide groups is 1. The highest BCUT2D eigenvalue weighted by Crippen LogP contribution is 2.34. The van der Waals surface area contributed by atoms with Crippen LogP contribution in [0.5, 0.6) is 0 Å². The number of nitrogens with one attached hydrogen (secondary N) is 1. The summed E-state index contributed by atoms with van der Waals surface area (Å²) in [6, 6.07) is 15.3. The first kappa shape index (κ1) is 18.7. The van der Waals surface area contributed by atoms with Crippen LogP contribution in [0.4, 0.5) is 0 Å². The molecule has 156 valence electrons. The van der Waals surface area contributed by atoms with Crippen LogP contribution >= 0.6 is 0 Å². The molecule has 0 saturated carbocycles. The van der Waals surface area contributed by atoms with E-state index in [2.05, 4.69) is 59.6 Å². The van der Waals surface area contributed by atoms with Gasteiger partial charge in [0.1, 0.15) is 0 Å². The number of fused-ring (bicyclic) bond motifs is 3. The first-order valence-electron chi connectivity index (χ1n) is 11.1. The normalized spacial score (nSPS) is 22.7. The van der Waals surface area contributed by atoms with Crippen molar-refractivity contribution in [2.75, 3.05) is 13.1 Å². The zero-order valence-electron chi connectivity index (χ0n) is 17.6. The Morgan fingerprint density at radius 3 is 2.48 bits per heavy atom. The number of aromatic nitrogens is 1. The fourth-order valence-corrected chi connectivity index (χ4v) is 5.55. The topological polar surface area (TPSA) is 62.3 Å². The van der Waals surface area contributed by atoms with Gasteiger partial charge in [0.15, 0.2) is 0 Å². The minimum absolute atomic E-state index is 0.122. The third-order valence-corrected chi connectivity index (χ3v) is 7.11. The van der Waals surface area contributed by atoms with Crippen LogP contribution in [0.25, 0.3) is 22.2 Å². The van der Waals surface area contributed by atoms with E-state index in [-0.39, 0.29) is 23.7 Å². The maximum absolute atomic E-state index is 12.1. The highest BCUT2D eigenvalue weighted by molar-refractivity contribution is 6.05. The predicted octanol–water partition coefficient (Wildman–Crippen LogP) is 3.40. The van der Waals surface area contributed by atoms with Crippen LogP contribution in [0.2, 0.25) is 0 Å². The molecule has 5 heteroatoms. The van der Waals surface area contributed by atoms with Gasteiger partial charge in [-0.25, -0.2) is 4.98 Å². The molecule has 2 aliphatic heterocycles. The van der Waals surface area contributed by atoms with Crippen LogP contribution in [0, 0.1) is 18.8 Å². The number of amides is 2. The average molecular weight is 412 g/mol. The zero-order chi connectivity index (χ0) is 21.1. The lowest BCUT2D eigenvalue weighted by molar-refractivity contribution is -0.126. The molecule has 2 aromatic carbocycles. The number of hydrogen-bond acceptors (Lipinski definition) is 4. The predicted molar refractivity (Wildman–Crippen MR) is 119 cm³/mol. The van der Waals surface area contributed by atoms with E-state index >= 15 is 0 Å². The quantitative estimate of drug-likeness (QED) is 0.671. The first-order chi connectivity index (χ1) is 15.0. The largest absolute Gasteiger partial charge is 0.297 e. The summed E-state index contributed by atoms with van der Waals surface area (Å²) < 4.78 is 0. The molecule has 2 amide bonds. The van der Waals surface area contributed by atoms with Crippen LogP contribution < -0.4 is 5.32 Å². The molecule has 0 bridgehead atoms. The van der Waals surface area contributed by atoms with Gasteiger partial charge >= 0.3 is 0 Å². The van der Waals surface area contributed by atoms with Crippen molar-refractivity contribution in [3.63, 3.8) is 0 Å². The number of pyridine rings is 1. The summed E-state index contributed by atoms with van der Waals surface area (Å²) in [7, 11) is 0. The second-order valence-corrected chi connectivity index (χ2v) is 9.29. The maximum Gasteiger partial charge on any atom is 0.231 e. The van der Waals surface area contributed by atoms with Crippen molar-refractivity contribution in [2.24, 2.45) is 11.8 Å². The Bertz CT molecular complexity index is 1230. The van der Waals surface area contributed by atoms with E-state index in [1.807, 2.05) is 0 Å². The van der Waals surface area contributed by atoms with E-state index in [9.17, 15) is 9.59 Å². The number of likely N-dealkylation sites (tertiary alicyclic amines) is 1. The van der Waals surface area contributed by atoms with Crippen molar-refractivity contribution in [1.29, 1.82) is 0 Å². The molecule has 6 rings (SSSR count). The lowest BCUT2D eigenvalue weighted by atomic mass is 9.99. The summed E-state index contributed by atoms with van der Waals surface area (Å²) in [6.45, 7) is 4.04. The standard InChI is InChI=1S/C26H25N3O2/c1-15-4-2-7-18(8-15)24-20(12-29-13-21-22(14-29)26(31)28-25(21)30)10-19-9-16-5-3-6-17(16)11-23(19)27-24/h2,4,7-11,21-22H,3,5-6,12-14H2,1H3,(H,28,30,31)/t21-,22+. The molecule has 31 heavy (non-hydrogen) atoms. The van der Waals surface area contributed by atoms with Crippen LogP contribution in [0.3, 0.4) is 0 Å². The Kier molecular flexibility index (Phi) is 4.22. The van der Waals surface area contributed by atoms with E-state index in [4.69, 9.17) is 4.98 Å². The fraction of sp³-hybridized carbons (Fsp3) is 0.346. The van der Waals surface area contributed by atoms with Crippen molar-refractivity contribution >= 4 is 22.7 Å². The average Bonchev–Trinajstić information content (AvgIpc) is 3.43. The van der Waals surface area contributed by atoms with Gasteiger partial charge in [0.25, 0.3) is 0 Å². The molecule has 3 aliphatic rings. The van der Waals surface area contributed by atoms with E-state index in [0.29, 0.717) is 19.6 Å². The van der Waals surface area contributed by atoms with E-state index in [1.54, 1.807) is 0 Å². The number of carbonyl (C=O) groups is 2. The molecule has 1 aliphatic carbocycles. The molecule has 1 N–H and O–H groups in total. The van der Waals surface area contributed by atoms with E-state index in [0.717, 1.165) is 35.2 Å². The summed E-state index contributed by atoms with van der Waals surface area (Å²) >= 11 is 0. The summed E-state index contributed by atoms with van der Waals surface area (Å²) in [4.78, 5) is 31.6. The third kappa shape index (κ3) is 3.15. The van der Waals surface area contributed by atoms with E-state index < -0.39 is 0 Å². The zero-order valence-corrected chi connectivity index (χ0v) is 17.6. The molecule has 3 aromatic rings. The molecule has 3 heterocycles. The first-order valence-corrected chi connectivity index (χ1v) is 11.1. The van der Waals surface area contributed by atoms with Crippen molar-refractivity contribution < 1.29 is 9.59 Å². The second-order valence-electron chi connectivity index (χ2n) is 9.29. The van der Waals surface area contributed by atoms with Crippen LogP contribution in [0.1, 0.15) is 28.7 Å². The molecule has 2 saturated heterocycles. The lowest BCUT2D eigenvalue weighted by Crippen LogP contribution is -2.31. The van der Waals surface area contributed by atoms with Crippen molar-refractivity contribution in [1.82, 2.24) is 15.2 Å². The SMILES string of the molecule is Cc1cccc(-c2nc3cc4c(cc3cc2CN2C[C@@H]3C(=O)NC(=O)[C@@H]3C2)CCC4)c1. The summed E-state index contributed by atoms with van der Waals surface area (Å²) in [5.74, 6) is -0.676. The Balaban J connectivity index is 1.42. The smallest absolute Gasteiger partial charge is 0.231 e. The van der Waals surface area contributed by atoms with Gasteiger partial charge in [0, 0.05) is 30.6 Å². The van der Waals surface area contributed by atoms with Gasteiger partial charge in [-0.15, -0.1) is 0 Å². The van der Waals surface area contributed by atoms with Crippen molar-refractivity contribution in [3.8, 4) is 11.3 Å². The Morgan fingerprint density at radius 1 is 1.00 bits per heavy atom. The second kappa shape index (κ2) is 6.99. The van der Waals surface area contributed by atoms with Crippen LogP contribution in [-0.2, 0) is 29.0 Å². The molecule has 0 radical (unpaired) electrons. The molecule has 2 atom stereocenters. The minimum Gasteiger partial charge on any atom is -0.297 e. The maximum atomic E-state index is 12.1. The Hall–Kier alpha value is -3.05. The number of hydrogen-bond donors (Lipinski definition) is 1. The monoisotopic (exact) mass is 411 g/mol. The van der Waals surface area contributed by atoms with Gasteiger partial charge in [-0.05, 0) is 67.1 Å². The van der Waals surface area contributed by atoms with Crippen LogP contribution in [0.15, 0.2) is 42.5 Å². The highest BCUT2D eigenvalue weighted by Gasteiger charge is 2.47. The molecular weight excluding hydrogens is 386 g/mol. The molecule has 5 nitrogen and oxygen atoms in total. The Morgan fingerprint density at radius 2 is 1.74 bits per heavy atom. The lowest BCUT2D eigenvalue weighted by Gasteiger charge is -2.20. The number of nitrogens with zero attached hydrogens (tertiary/aromatic N) is 2. The summed E-state index contributed by atoms with van der Waals surface area (Å²) in [5, 5.41) is 3.66. The number of carbonyl (C=O) groups excluding carboxylic acids is 2. The molecule has 2 fully saturated rings.